The summed E-state index contributed by atoms with van der Waals surface area (Å²) < 4.78 is 39.9. The predicted octanol–water partition coefficient (Wildman–Crippen LogP) is 3.03. The van der Waals surface area contributed by atoms with Crippen molar-refractivity contribution in [2.45, 2.75) is 38.5 Å². The Morgan fingerprint density at radius 2 is 2.10 bits per heavy atom. The zero-order valence-corrected chi connectivity index (χ0v) is 23.3. The topological polar surface area (TPSA) is 153 Å². The number of hydrogen-bond donors (Lipinski definition) is 2. The Morgan fingerprint density at radius 3 is 2.87 bits per heavy atom. The van der Waals surface area contributed by atoms with Crippen LogP contribution in [-0.4, -0.2) is 74.3 Å². The number of rotatable bonds is 8. The summed E-state index contributed by atoms with van der Waals surface area (Å²) in [6.45, 7) is 4.48. The number of hydrogen-bond acceptors (Lipinski definition) is 11. The van der Waals surface area contributed by atoms with Gasteiger partial charge in [-0.1, -0.05) is 23.5 Å². The van der Waals surface area contributed by atoms with Crippen LogP contribution in [0.2, 0.25) is 0 Å². The second-order valence-electron chi connectivity index (χ2n) is 9.70. The summed E-state index contributed by atoms with van der Waals surface area (Å²) in [5.74, 6) is -0.0260. The lowest BCUT2D eigenvalue weighted by Crippen LogP contribution is -2.51. The number of aromatic nitrogens is 2. The van der Waals surface area contributed by atoms with E-state index in [1.54, 1.807) is 38.2 Å². The summed E-state index contributed by atoms with van der Waals surface area (Å²) in [5, 5.41) is 5.65. The van der Waals surface area contributed by atoms with Gasteiger partial charge in [-0.15, -0.1) is 0 Å². The molecule has 2 aliphatic heterocycles. The molecule has 0 saturated carbocycles. The van der Waals surface area contributed by atoms with E-state index in [2.05, 4.69) is 25.5 Å². The highest BCUT2D eigenvalue weighted by atomic mass is 32.2. The largest absolute Gasteiger partial charge is 0.459 e. The summed E-state index contributed by atoms with van der Waals surface area (Å²) >= 11 is 1.34. The summed E-state index contributed by atoms with van der Waals surface area (Å²) in [6.07, 6.45) is 3.11. The third-order valence-electron chi connectivity index (χ3n) is 6.19. The Balaban J connectivity index is 1.32. The molecule has 39 heavy (non-hydrogen) atoms. The number of nitrogens with one attached hydrogen (secondary N) is 2. The molecule has 3 aromatic rings. The Kier molecular flexibility index (Phi) is 7.60. The smallest absolute Gasteiger partial charge is 0.338 e. The summed E-state index contributed by atoms with van der Waals surface area (Å²) in [4.78, 5) is 36.8. The van der Waals surface area contributed by atoms with E-state index in [9.17, 15) is 18.0 Å². The van der Waals surface area contributed by atoms with Crippen molar-refractivity contribution in [2.24, 2.45) is 0 Å². The molecular weight excluding hydrogens is 546 g/mol. The van der Waals surface area contributed by atoms with Crippen LogP contribution in [0.5, 0.6) is 0 Å². The minimum Gasteiger partial charge on any atom is -0.459 e. The SMILES string of the molecule is CC(C)OC(=O)c1cccc(-c2cnc(N3[C@@H]4COC[C@H]3c3sc(NC(=O)NCCS(C)(=O)=O)nc3C4)o2)c1. The van der Waals surface area contributed by atoms with E-state index in [4.69, 9.17) is 13.9 Å². The highest BCUT2D eigenvalue weighted by molar-refractivity contribution is 7.90. The van der Waals surface area contributed by atoms with Crippen LogP contribution in [0.25, 0.3) is 11.3 Å². The van der Waals surface area contributed by atoms with Crippen LogP contribution in [0.3, 0.4) is 0 Å². The first-order valence-electron chi connectivity index (χ1n) is 12.4. The van der Waals surface area contributed by atoms with Gasteiger partial charge in [-0.05, 0) is 26.0 Å². The Morgan fingerprint density at radius 1 is 1.28 bits per heavy atom. The van der Waals surface area contributed by atoms with Crippen molar-refractivity contribution in [3.05, 3.63) is 46.6 Å². The van der Waals surface area contributed by atoms with Gasteiger partial charge in [0.05, 0.1) is 59.5 Å². The number of sulfone groups is 1. The van der Waals surface area contributed by atoms with Crippen LogP contribution in [0, 0.1) is 0 Å². The van der Waals surface area contributed by atoms with Crippen molar-refractivity contribution < 1.29 is 31.9 Å². The maximum atomic E-state index is 12.4. The van der Waals surface area contributed by atoms with E-state index < -0.39 is 21.8 Å². The highest BCUT2D eigenvalue weighted by Crippen LogP contribution is 2.43. The van der Waals surface area contributed by atoms with Crippen molar-refractivity contribution in [1.29, 1.82) is 0 Å². The fraction of sp³-hybridized carbons (Fsp3) is 0.440. The van der Waals surface area contributed by atoms with Crippen molar-refractivity contribution in [1.82, 2.24) is 15.3 Å². The van der Waals surface area contributed by atoms with Gasteiger partial charge < -0.3 is 24.1 Å². The summed E-state index contributed by atoms with van der Waals surface area (Å²) in [7, 11) is -3.17. The molecule has 2 amide bonds. The molecule has 0 radical (unpaired) electrons. The zero-order valence-electron chi connectivity index (χ0n) is 21.7. The summed E-state index contributed by atoms with van der Waals surface area (Å²) in [6, 6.07) is 6.69. The average Bonchev–Trinajstić information content (AvgIpc) is 3.50. The maximum Gasteiger partial charge on any atom is 0.338 e. The van der Waals surface area contributed by atoms with Gasteiger partial charge in [0.1, 0.15) is 9.84 Å². The molecule has 2 N–H and O–H groups in total. The predicted molar refractivity (Wildman–Crippen MR) is 145 cm³/mol. The third kappa shape index (κ3) is 6.23. The van der Waals surface area contributed by atoms with Crippen molar-refractivity contribution in [3.8, 4) is 11.3 Å². The van der Waals surface area contributed by atoms with Crippen LogP contribution in [0.4, 0.5) is 15.9 Å². The lowest BCUT2D eigenvalue weighted by molar-refractivity contribution is 0.0378. The van der Waals surface area contributed by atoms with Gasteiger partial charge >= 0.3 is 12.0 Å². The molecule has 14 heteroatoms. The van der Waals surface area contributed by atoms with Gasteiger partial charge in [-0.3, -0.25) is 5.32 Å². The number of amides is 2. The number of carbonyl (C=O) groups excluding carboxylic acids is 2. The molecule has 0 aliphatic carbocycles. The van der Waals surface area contributed by atoms with Gasteiger partial charge in [0.2, 0.25) is 0 Å². The molecule has 5 rings (SSSR count). The Bertz CT molecular complexity index is 1480. The maximum absolute atomic E-state index is 12.4. The van der Waals surface area contributed by atoms with Crippen molar-refractivity contribution >= 4 is 44.3 Å². The number of urea groups is 1. The van der Waals surface area contributed by atoms with Crippen LogP contribution in [-0.2, 0) is 25.7 Å². The number of carbonyl (C=O) groups is 2. The van der Waals surface area contributed by atoms with Gasteiger partial charge in [0.15, 0.2) is 10.9 Å². The molecule has 208 valence electrons. The number of thiazole rings is 1. The number of oxazole rings is 1. The van der Waals surface area contributed by atoms with Crippen molar-refractivity contribution in [3.63, 3.8) is 0 Å². The lowest BCUT2D eigenvalue weighted by Gasteiger charge is -2.43. The second kappa shape index (κ2) is 10.9. The molecular formula is C25H29N5O7S2. The molecule has 2 aliphatic rings. The summed E-state index contributed by atoms with van der Waals surface area (Å²) in [5.41, 5.74) is 2.01. The first-order valence-corrected chi connectivity index (χ1v) is 15.3. The quantitative estimate of drug-likeness (QED) is 0.383. The van der Waals surface area contributed by atoms with Crippen LogP contribution < -0.4 is 15.5 Å². The van der Waals surface area contributed by atoms with Crippen LogP contribution >= 0.6 is 11.3 Å². The number of fused-ring (bicyclic) bond motifs is 4. The molecule has 2 atom stereocenters. The first kappa shape index (κ1) is 27.1. The highest BCUT2D eigenvalue weighted by Gasteiger charge is 2.42. The zero-order chi connectivity index (χ0) is 27.7. The number of ether oxygens (including phenoxy) is 2. The van der Waals surface area contributed by atoms with E-state index >= 15 is 0 Å². The average molecular weight is 576 g/mol. The van der Waals surface area contributed by atoms with Gasteiger partial charge in [0, 0.05) is 24.8 Å². The Hall–Kier alpha value is -3.49. The van der Waals surface area contributed by atoms with E-state index in [1.807, 2.05) is 6.07 Å². The molecule has 2 bridgehead atoms. The van der Waals surface area contributed by atoms with Crippen LogP contribution in [0.15, 0.2) is 34.9 Å². The normalized spacial score (nSPS) is 18.5. The van der Waals surface area contributed by atoms with Crippen LogP contribution in [0.1, 0.15) is 40.8 Å². The number of nitrogens with zero attached hydrogens (tertiary/aromatic N) is 3. The van der Waals surface area contributed by atoms with Gasteiger partial charge in [-0.2, -0.15) is 0 Å². The fourth-order valence-electron chi connectivity index (χ4n) is 4.52. The third-order valence-corrected chi connectivity index (χ3v) is 8.25. The van der Waals surface area contributed by atoms with Crippen molar-refractivity contribution in [2.75, 3.05) is 42.0 Å². The standard InChI is InChI=1S/C25H29N5O7S2/c1-14(2)36-22(31)16-6-4-5-15(9-16)20-11-27-25(37-20)30-17-10-18-21(19(30)13-35-12-17)38-24(28-18)29-23(32)26-7-8-39(3,33)34/h4-6,9,11,14,17,19H,7-8,10,12-13H2,1-3H3,(H2,26,28,29,32)/t17-,19-/m0/s1. The molecule has 1 fully saturated rings. The molecule has 0 unspecified atom stereocenters. The molecule has 0 spiro atoms. The number of anilines is 2. The Labute approximate surface area is 229 Å². The minimum atomic E-state index is -3.17. The van der Waals surface area contributed by atoms with Gasteiger partial charge in [-0.25, -0.2) is 28.0 Å². The molecule has 2 aromatic heterocycles. The van der Waals surface area contributed by atoms with E-state index in [0.717, 1.165) is 16.8 Å². The first-order chi connectivity index (χ1) is 18.6. The fourth-order valence-corrected chi connectivity index (χ4v) is 6.06. The number of esters is 1. The molecule has 4 heterocycles. The molecule has 1 aromatic carbocycles. The van der Waals surface area contributed by atoms with E-state index in [0.29, 0.717) is 47.7 Å². The lowest BCUT2D eigenvalue weighted by atomic mass is 9.97. The number of benzene rings is 1. The van der Waals surface area contributed by atoms with E-state index in [-0.39, 0.29) is 30.5 Å². The van der Waals surface area contributed by atoms with E-state index in [1.165, 1.54) is 11.3 Å². The monoisotopic (exact) mass is 575 g/mol. The molecule has 12 nitrogen and oxygen atoms in total. The molecule has 1 saturated heterocycles. The van der Waals surface area contributed by atoms with Gasteiger partial charge in [0.25, 0.3) is 6.01 Å². The number of morpholine rings is 1. The minimum absolute atomic E-state index is 0.0103. The second-order valence-corrected chi connectivity index (χ2v) is 13.0.